The molecule has 0 bridgehead atoms. The summed E-state index contributed by atoms with van der Waals surface area (Å²) >= 11 is 0. The molecule has 0 aliphatic carbocycles. The second kappa shape index (κ2) is 7.53. The highest BCUT2D eigenvalue weighted by atomic mass is 16.5. The second-order valence-corrected chi connectivity index (χ2v) is 4.68. The van der Waals surface area contributed by atoms with Gasteiger partial charge in [-0.25, -0.2) is 4.99 Å². The maximum absolute atomic E-state index is 8.29. The Morgan fingerprint density at radius 1 is 1.50 bits per heavy atom. The quantitative estimate of drug-likeness (QED) is 0.331. The molecule has 0 N–H and O–H groups in total. The number of benzene rings is 1. The minimum absolute atomic E-state index is 0.0387. The van der Waals surface area contributed by atoms with E-state index in [9.17, 15) is 0 Å². The van der Waals surface area contributed by atoms with Crippen LogP contribution in [0.2, 0.25) is 0 Å². The van der Waals surface area contributed by atoms with Crippen LogP contribution in [-0.4, -0.2) is 37.8 Å². The molecule has 0 saturated carbocycles. The lowest BCUT2D eigenvalue weighted by atomic mass is 10.2. The highest BCUT2D eigenvalue weighted by Crippen LogP contribution is 2.12. The fourth-order valence-corrected chi connectivity index (χ4v) is 1.86. The number of aliphatic imine (C=N–C) groups is 1. The number of ether oxygens (including phenoxy) is 2. The summed E-state index contributed by atoms with van der Waals surface area (Å²) in [6, 6.07) is 9.84. The zero-order valence-corrected chi connectivity index (χ0v) is 11.5. The van der Waals surface area contributed by atoms with E-state index in [1.165, 1.54) is 0 Å². The van der Waals surface area contributed by atoms with Gasteiger partial charge in [-0.15, -0.1) is 0 Å². The van der Waals surface area contributed by atoms with Crippen molar-refractivity contribution in [1.82, 2.24) is 0 Å². The first-order chi connectivity index (χ1) is 9.79. The molecule has 0 fully saturated rings. The van der Waals surface area contributed by atoms with Crippen molar-refractivity contribution in [1.29, 1.82) is 0 Å². The van der Waals surface area contributed by atoms with Crippen molar-refractivity contribution in [2.24, 2.45) is 10.1 Å². The van der Waals surface area contributed by atoms with E-state index in [-0.39, 0.29) is 12.1 Å². The number of azide groups is 1. The molecule has 106 valence electrons. The molecule has 1 aliphatic rings. The molecule has 0 saturated heterocycles. The smallest absolute Gasteiger partial charge is 0.216 e. The summed E-state index contributed by atoms with van der Waals surface area (Å²) in [7, 11) is 0. The zero-order valence-electron chi connectivity index (χ0n) is 11.5. The van der Waals surface area contributed by atoms with E-state index in [1.807, 2.05) is 37.3 Å². The monoisotopic (exact) mass is 274 g/mol. The molecule has 2 atom stereocenters. The number of hydrogen-bond donors (Lipinski definition) is 0. The Hall–Kier alpha value is -2.04. The third-order valence-corrected chi connectivity index (χ3v) is 2.97. The van der Waals surface area contributed by atoms with Crippen LogP contribution in [0.5, 0.6) is 0 Å². The van der Waals surface area contributed by atoms with Gasteiger partial charge in [0.25, 0.3) is 0 Å². The molecule has 0 aromatic heterocycles. The van der Waals surface area contributed by atoms with E-state index < -0.39 is 0 Å². The highest BCUT2D eigenvalue weighted by molar-refractivity contribution is 5.95. The molecule has 1 heterocycles. The van der Waals surface area contributed by atoms with Gasteiger partial charge in [0.2, 0.25) is 5.90 Å². The average Bonchev–Trinajstić information content (AvgIpc) is 2.94. The van der Waals surface area contributed by atoms with Crippen molar-refractivity contribution in [2.75, 3.05) is 19.8 Å². The lowest BCUT2D eigenvalue weighted by molar-refractivity contribution is 0.108. The molecule has 1 aliphatic heterocycles. The van der Waals surface area contributed by atoms with E-state index >= 15 is 0 Å². The SMILES string of the molecule is C[C@H](CCOC[C@@H]1COC(c2ccccc2)=N1)N=[N+]=[N-]. The van der Waals surface area contributed by atoms with Crippen molar-refractivity contribution >= 4 is 5.90 Å². The Labute approximate surface area is 118 Å². The molecule has 0 spiro atoms. The van der Waals surface area contributed by atoms with Gasteiger partial charge in [0.15, 0.2) is 0 Å². The molecule has 0 radical (unpaired) electrons. The van der Waals surface area contributed by atoms with Crippen LogP contribution in [-0.2, 0) is 9.47 Å². The summed E-state index contributed by atoms with van der Waals surface area (Å²) in [5, 5.41) is 3.59. The Morgan fingerprint density at radius 2 is 2.30 bits per heavy atom. The van der Waals surface area contributed by atoms with Crippen LogP contribution in [0.4, 0.5) is 0 Å². The fourth-order valence-electron chi connectivity index (χ4n) is 1.86. The molecule has 1 aromatic rings. The van der Waals surface area contributed by atoms with Gasteiger partial charge in [-0.1, -0.05) is 30.2 Å². The predicted molar refractivity (Wildman–Crippen MR) is 76.8 cm³/mol. The molecule has 6 heteroatoms. The lowest BCUT2D eigenvalue weighted by Gasteiger charge is -2.08. The first-order valence-electron chi connectivity index (χ1n) is 6.67. The van der Waals surface area contributed by atoms with Crippen molar-refractivity contribution < 1.29 is 9.47 Å². The molecular formula is C14H18N4O2. The summed E-state index contributed by atoms with van der Waals surface area (Å²) in [6.07, 6.45) is 0.715. The summed E-state index contributed by atoms with van der Waals surface area (Å²) in [5.41, 5.74) is 9.28. The van der Waals surface area contributed by atoms with Crippen LogP contribution in [0.25, 0.3) is 10.4 Å². The van der Waals surface area contributed by atoms with Gasteiger partial charge < -0.3 is 9.47 Å². The Morgan fingerprint density at radius 3 is 3.05 bits per heavy atom. The highest BCUT2D eigenvalue weighted by Gasteiger charge is 2.19. The van der Waals surface area contributed by atoms with Gasteiger partial charge in [0.05, 0.1) is 6.61 Å². The van der Waals surface area contributed by atoms with Crippen LogP contribution >= 0.6 is 0 Å². The standard InChI is InChI=1S/C14H18N4O2/c1-11(17-18-15)7-8-19-9-13-10-20-14(16-13)12-5-3-2-4-6-12/h2-6,11,13H,7-10H2,1H3/t11-,13-/m1/s1. The average molecular weight is 274 g/mol. The number of hydrogen-bond acceptors (Lipinski definition) is 4. The first-order valence-corrected chi connectivity index (χ1v) is 6.67. The van der Waals surface area contributed by atoms with E-state index in [0.717, 1.165) is 5.56 Å². The van der Waals surface area contributed by atoms with E-state index in [1.54, 1.807) is 0 Å². The lowest BCUT2D eigenvalue weighted by Crippen LogP contribution is -2.16. The normalized spacial score (nSPS) is 18.9. The van der Waals surface area contributed by atoms with Crippen LogP contribution in [0.1, 0.15) is 18.9 Å². The van der Waals surface area contributed by atoms with Crippen molar-refractivity contribution in [3.63, 3.8) is 0 Å². The minimum atomic E-state index is -0.0387. The van der Waals surface area contributed by atoms with Crippen molar-refractivity contribution in [3.8, 4) is 0 Å². The van der Waals surface area contributed by atoms with Gasteiger partial charge in [-0.05, 0) is 24.1 Å². The third kappa shape index (κ3) is 4.26. The molecule has 1 aromatic carbocycles. The van der Waals surface area contributed by atoms with Crippen LogP contribution < -0.4 is 0 Å². The number of nitrogens with zero attached hydrogens (tertiary/aromatic N) is 4. The van der Waals surface area contributed by atoms with Gasteiger partial charge in [0, 0.05) is 23.1 Å². The third-order valence-electron chi connectivity index (χ3n) is 2.97. The maximum Gasteiger partial charge on any atom is 0.216 e. The van der Waals surface area contributed by atoms with E-state index in [2.05, 4.69) is 15.0 Å². The minimum Gasteiger partial charge on any atom is -0.475 e. The Balaban J connectivity index is 1.73. The Bertz CT molecular complexity index is 497. The van der Waals surface area contributed by atoms with Gasteiger partial charge in [-0.3, -0.25) is 0 Å². The maximum atomic E-state index is 8.29. The molecule has 20 heavy (non-hydrogen) atoms. The van der Waals surface area contributed by atoms with Crippen LogP contribution in [0.15, 0.2) is 40.4 Å². The largest absolute Gasteiger partial charge is 0.475 e. The van der Waals surface area contributed by atoms with Crippen molar-refractivity contribution in [2.45, 2.75) is 25.4 Å². The van der Waals surface area contributed by atoms with Crippen LogP contribution in [0, 0.1) is 0 Å². The zero-order chi connectivity index (χ0) is 14.2. The molecule has 0 unspecified atom stereocenters. The summed E-state index contributed by atoms with van der Waals surface area (Å²) < 4.78 is 11.1. The van der Waals surface area contributed by atoms with Crippen molar-refractivity contribution in [3.05, 3.63) is 46.3 Å². The Kier molecular flexibility index (Phi) is 5.41. The summed E-state index contributed by atoms with van der Waals surface area (Å²) in [6.45, 7) is 3.51. The molecule has 2 rings (SSSR count). The predicted octanol–water partition coefficient (Wildman–Crippen LogP) is 2.94. The van der Waals surface area contributed by atoms with E-state index in [4.69, 9.17) is 15.0 Å². The summed E-state index contributed by atoms with van der Waals surface area (Å²) in [4.78, 5) is 7.26. The van der Waals surface area contributed by atoms with Gasteiger partial charge in [-0.2, -0.15) is 0 Å². The topological polar surface area (TPSA) is 79.6 Å². The molecule has 6 nitrogen and oxygen atoms in total. The van der Waals surface area contributed by atoms with Gasteiger partial charge >= 0.3 is 0 Å². The molecule has 0 amide bonds. The first kappa shape index (κ1) is 14.4. The number of rotatable bonds is 7. The second-order valence-electron chi connectivity index (χ2n) is 4.68. The molecular weight excluding hydrogens is 256 g/mol. The van der Waals surface area contributed by atoms with E-state index in [0.29, 0.717) is 32.1 Å². The van der Waals surface area contributed by atoms with Gasteiger partial charge in [0.1, 0.15) is 12.6 Å². The fraction of sp³-hybridized carbons (Fsp3) is 0.500. The van der Waals surface area contributed by atoms with Crippen LogP contribution in [0.3, 0.4) is 0 Å². The summed E-state index contributed by atoms with van der Waals surface area (Å²) in [5.74, 6) is 0.682.